The second-order valence-electron chi connectivity index (χ2n) is 6.14. The van der Waals surface area contributed by atoms with Crippen molar-refractivity contribution in [1.29, 1.82) is 0 Å². The molecule has 0 saturated heterocycles. The van der Waals surface area contributed by atoms with Gasteiger partial charge in [-0.1, -0.05) is 19.1 Å². The molecule has 1 unspecified atom stereocenters. The molecule has 1 aromatic carbocycles. The van der Waals surface area contributed by atoms with Crippen LogP contribution in [0.2, 0.25) is 0 Å². The molecule has 0 aliphatic heterocycles. The molecular weight excluding hydrogens is 318 g/mol. The van der Waals surface area contributed by atoms with Gasteiger partial charge >= 0.3 is 11.8 Å². The highest BCUT2D eigenvalue weighted by atomic mass is 16.2. The van der Waals surface area contributed by atoms with Crippen molar-refractivity contribution in [1.82, 2.24) is 20.0 Å². The van der Waals surface area contributed by atoms with E-state index in [1.54, 1.807) is 23.0 Å². The lowest BCUT2D eigenvalue weighted by molar-refractivity contribution is -0.136. The van der Waals surface area contributed by atoms with Gasteiger partial charge in [-0.05, 0) is 38.2 Å². The van der Waals surface area contributed by atoms with Crippen LogP contribution in [0, 0.1) is 0 Å². The van der Waals surface area contributed by atoms with Gasteiger partial charge in [-0.15, -0.1) is 0 Å². The first-order valence-electron chi connectivity index (χ1n) is 8.23. The quantitative estimate of drug-likeness (QED) is 0.776. The maximum absolute atomic E-state index is 12.1. The van der Waals surface area contributed by atoms with Crippen molar-refractivity contribution < 1.29 is 9.59 Å². The number of aryl methyl sites for hydroxylation is 2. The number of rotatable bonds is 6. The number of amides is 2. The van der Waals surface area contributed by atoms with Crippen LogP contribution in [0.3, 0.4) is 0 Å². The summed E-state index contributed by atoms with van der Waals surface area (Å²) in [5, 5.41) is 9.44. The van der Waals surface area contributed by atoms with Crippen molar-refractivity contribution in [2.45, 2.75) is 19.4 Å². The molecule has 2 rings (SSSR count). The average Bonchev–Trinajstić information content (AvgIpc) is 3.01. The topological polar surface area (TPSA) is 79.3 Å². The highest BCUT2D eigenvalue weighted by Gasteiger charge is 2.19. The summed E-state index contributed by atoms with van der Waals surface area (Å²) < 4.78 is 1.71. The van der Waals surface area contributed by atoms with Crippen LogP contribution in [0.1, 0.15) is 24.1 Å². The van der Waals surface area contributed by atoms with Crippen LogP contribution in [0.5, 0.6) is 0 Å². The summed E-state index contributed by atoms with van der Waals surface area (Å²) in [7, 11) is 5.67. The molecule has 0 saturated carbocycles. The van der Waals surface area contributed by atoms with Crippen LogP contribution in [0.4, 0.5) is 5.69 Å². The zero-order chi connectivity index (χ0) is 18.4. The predicted molar refractivity (Wildman–Crippen MR) is 97.1 cm³/mol. The number of nitrogens with zero attached hydrogens (tertiary/aromatic N) is 3. The fourth-order valence-corrected chi connectivity index (χ4v) is 2.49. The number of aromatic nitrogens is 2. The lowest BCUT2D eigenvalue weighted by Crippen LogP contribution is -2.40. The van der Waals surface area contributed by atoms with Gasteiger partial charge in [0.2, 0.25) is 0 Å². The second kappa shape index (κ2) is 8.43. The molecule has 0 bridgehead atoms. The van der Waals surface area contributed by atoms with E-state index in [2.05, 4.69) is 22.7 Å². The third-order valence-corrected chi connectivity index (χ3v) is 4.02. The third kappa shape index (κ3) is 5.15. The Labute approximate surface area is 148 Å². The summed E-state index contributed by atoms with van der Waals surface area (Å²) >= 11 is 0. The van der Waals surface area contributed by atoms with E-state index in [-0.39, 0.29) is 6.04 Å². The molecule has 1 heterocycles. The summed E-state index contributed by atoms with van der Waals surface area (Å²) in [4.78, 5) is 26.1. The van der Waals surface area contributed by atoms with Crippen LogP contribution in [-0.4, -0.2) is 47.1 Å². The Hall–Kier alpha value is -2.67. The standard InChI is InChI=1S/C18H25N5O2/c1-5-13-6-8-15(9-7-13)21-18(25)17(24)19-11-16(22(2)3)14-10-20-23(4)12-14/h6-10,12,16H,5,11H2,1-4H3,(H,19,24)(H,21,25). The number of carbonyl (C=O) groups is 2. The Bertz CT molecular complexity index is 721. The summed E-state index contributed by atoms with van der Waals surface area (Å²) in [5.41, 5.74) is 2.75. The van der Waals surface area contributed by atoms with Crippen molar-refractivity contribution in [3.8, 4) is 0 Å². The van der Waals surface area contributed by atoms with Crippen LogP contribution in [0.25, 0.3) is 0 Å². The largest absolute Gasteiger partial charge is 0.346 e. The molecular formula is C18H25N5O2. The van der Waals surface area contributed by atoms with Gasteiger partial charge in [0, 0.05) is 31.0 Å². The number of carbonyl (C=O) groups excluding carboxylic acids is 2. The van der Waals surface area contributed by atoms with Gasteiger partial charge in [0.15, 0.2) is 0 Å². The molecule has 0 radical (unpaired) electrons. The summed E-state index contributed by atoms with van der Waals surface area (Å²) in [6.07, 6.45) is 4.58. The summed E-state index contributed by atoms with van der Waals surface area (Å²) in [5.74, 6) is -1.33. The fraction of sp³-hybridized carbons (Fsp3) is 0.389. The second-order valence-corrected chi connectivity index (χ2v) is 6.14. The van der Waals surface area contributed by atoms with Crippen molar-refractivity contribution >= 4 is 17.5 Å². The molecule has 2 amide bonds. The fourth-order valence-electron chi connectivity index (χ4n) is 2.49. The van der Waals surface area contributed by atoms with Gasteiger partial charge in [-0.25, -0.2) is 0 Å². The van der Waals surface area contributed by atoms with Crippen LogP contribution < -0.4 is 10.6 Å². The van der Waals surface area contributed by atoms with Crippen molar-refractivity contribution in [2.75, 3.05) is 26.0 Å². The average molecular weight is 343 g/mol. The number of hydrogen-bond donors (Lipinski definition) is 2. The molecule has 0 fully saturated rings. The SMILES string of the molecule is CCc1ccc(NC(=O)C(=O)NCC(c2cnn(C)c2)N(C)C)cc1. The van der Waals surface area contributed by atoms with E-state index in [1.165, 1.54) is 5.56 Å². The molecule has 0 aliphatic rings. The first-order valence-corrected chi connectivity index (χ1v) is 8.23. The van der Waals surface area contributed by atoms with Gasteiger partial charge in [-0.3, -0.25) is 14.3 Å². The minimum Gasteiger partial charge on any atom is -0.346 e. The smallest absolute Gasteiger partial charge is 0.313 e. The summed E-state index contributed by atoms with van der Waals surface area (Å²) in [6.45, 7) is 2.38. The zero-order valence-electron chi connectivity index (χ0n) is 15.1. The van der Waals surface area contributed by atoms with E-state index >= 15 is 0 Å². The maximum Gasteiger partial charge on any atom is 0.313 e. The first kappa shape index (κ1) is 18.7. The van der Waals surface area contributed by atoms with Crippen LogP contribution >= 0.6 is 0 Å². The van der Waals surface area contributed by atoms with E-state index in [1.807, 2.05) is 44.4 Å². The van der Waals surface area contributed by atoms with Gasteiger partial charge < -0.3 is 15.5 Å². The van der Waals surface area contributed by atoms with Gasteiger partial charge in [0.05, 0.1) is 12.2 Å². The van der Waals surface area contributed by atoms with Crippen LogP contribution in [-0.2, 0) is 23.1 Å². The Morgan fingerprint density at radius 1 is 1.20 bits per heavy atom. The number of benzene rings is 1. The minimum absolute atomic E-state index is 0.0608. The van der Waals surface area contributed by atoms with E-state index < -0.39 is 11.8 Å². The van der Waals surface area contributed by atoms with Gasteiger partial charge in [-0.2, -0.15) is 5.10 Å². The molecule has 2 N–H and O–H groups in total. The lowest BCUT2D eigenvalue weighted by Gasteiger charge is -2.23. The Morgan fingerprint density at radius 2 is 1.88 bits per heavy atom. The maximum atomic E-state index is 12.1. The molecule has 7 nitrogen and oxygen atoms in total. The highest BCUT2D eigenvalue weighted by molar-refractivity contribution is 6.39. The summed E-state index contributed by atoms with van der Waals surface area (Å²) in [6, 6.07) is 7.38. The molecule has 25 heavy (non-hydrogen) atoms. The van der Waals surface area contributed by atoms with Crippen molar-refractivity contribution in [3.05, 3.63) is 47.8 Å². The number of hydrogen-bond acceptors (Lipinski definition) is 4. The Balaban J connectivity index is 1.92. The normalized spacial score (nSPS) is 12.0. The van der Waals surface area contributed by atoms with Gasteiger partial charge in [0.1, 0.15) is 0 Å². The molecule has 1 atom stereocenters. The minimum atomic E-state index is -0.673. The van der Waals surface area contributed by atoms with Crippen LogP contribution in [0.15, 0.2) is 36.7 Å². The molecule has 0 spiro atoms. The van der Waals surface area contributed by atoms with E-state index in [4.69, 9.17) is 0 Å². The lowest BCUT2D eigenvalue weighted by atomic mass is 10.1. The van der Waals surface area contributed by atoms with E-state index in [0.29, 0.717) is 12.2 Å². The van der Waals surface area contributed by atoms with E-state index in [9.17, 15) is 9.59 Å². The number of nitrogens with one attached hydrogen (secondary N) is 2. The van der Waals surface area contributed by atoms with E-state index in [0.717, 1.165) is 12.0 Å². The van der Waals surface area contributed by atoms with Crippen molar-refractivity contribution in [3.63, 3.8) is 0 Å². The molecule has 2 aromatic rings. The number of anilines is 1. The molecule has 134 valence electrons. The molecule has 1 aromatic heterocycles. The van der Waals surface area contributed by atoms with Gasteiger partial charge in [0.25, 0.3) is 0 Å². The Morgan fingerprint density at radius 3 is 2.40 bits per heavy atom. The third-order valence-electron chi connectivity index (χ3n) is 4.02. The van der Waals surface area contributed by atoms with Crippen molar-refractivity contribution in [2.24, 2.45) is 7.05 Å². The highest BCUT2D eigenvalue weighted by Crippen LogP contribution is 2.16. The number of likely N-dealkylation sites (N-methyl/N-ethyl adjacent to an activating group) is 1. The molecule has 0 aliphatic carbocycles. The Kier molecular flexibility index (Phi) is 6.30. The first-order chi connectivity index (χ1) is 11.9. The monoisotopic (exact) mass is 343 g/mol. The zero-order valence-corrected chi connectivity index (χ0v) is 15.1. The predicted octanol–water partition coefficient (Wildman–Crippen LogP) is 1.34. The molecule has 7 heteroatoms.